The van der Waals surface area contributed by atoms with Crippen molar-refractivity contribution in [1.29, 1.82) is 0 Å². The van der Waals surface area contributed by atoms with Crippen molar-refractivity contribution in [2.45, 2.75) is 0 Å². The quantitative estimate of drug-likeness (QED) is 0.377. The number of hydroxylamine groups is 1. The van der Waals surface area contributed by atoms with Crippen molar-refractivity contribution in [2.75, 3.05) is 7.11 Å². The van der Waals surface area contributed by atoms with Gasteiger partial charge in [-0.25, -0.2) is 5.84 Å². The van der Waals surface area contributed by atoms with E-state index in [1.165, 1.54) is 13.3 Å². The largest absolute Gasteiger partial charge is 0.262 e. The highest BCUT2D eigenvalue weighted by atomic mass is 16.7. The normalized spacial score (nSPS) is 7.67. The van der Waals surface area contributed by atoms with Gasteiger partial charge in [-0.15, -0.1) is 0 Å². The molecule has 0 rings (SSSR count). The molecule has 6 heavy (non-hydrogen) atoms. The Labute approximate surface area is 36.9 Å². The Bertz CT molecular complexity index is 46.1. The number of hydrazine groups is 1. The third-order valence-corrected chi connectivity index (χ3v) is 0.391. The molecule has 0 aliphatic carbocycles. The minimum absolute atomic E-state index is 1.01. The second-order valence-electron chi connectivity index (χ2n) is 0.725. The van der Waals surface area contributed by atoms with E-state index >= 15 is 0 Å². The highest BCUT2D eigenvalue weighted by Gasteiger charge is 1.74. The molecule has 0 amide bonds. The van der Waals surface area contributed by atoms with Gasteiger partial charge in [0.25, 0.3) is 0 Å². The van der Waals surface area contributed by atoms with Crippen LogP contribution in [0.3, 0.4) is 0 Å². The molecule has 0 radical (unpaired) electrons. The van der Waals surface area contributed by atoms with Gasteiger partial charge < -0.3 is 0 Å². The van der Waals surface area contributed by atoms with E-state index in [4.69, 9.17) is 5.84 Å². The lowest BCUT2D eigenvalue weighted by molar-refractivity contribution is -0.0891. The standard InChI is InChI=1S/C3H8N2O/c1-3-5(4)6-2/h3H,1,4H2,2H3. The van der Waals surface area contributed by atoms with Crippen LogP contribution in [0.4, 0.5) is 0 Å². The molecule has 2 N–H and O–H groups in total. The van der Waals surface area contributed by atoms with Crippen LogP contribution in [0.5, 0.6) is 0 Å². The Balaban J connectivity index is 2.96. The molecule has 0 spiro atoms. The molecule has 0 aliphatic heterocycles. The average molecular weight is 88.1 g/mol. The predicted molar refractivity (Wildman–Crippen MR) is 23.2 cm³/mol. The van der Waals surface area contributed by atoms with Crippen LogP contribution in [0, 0.1) is 0 Å². The molecule has 0 aromatic carbocycles. The van der Waals surface area contributed by atoms with Gasteiger partial charge in [0.15, 0.2) is 0 Å². The van der Waals surface area contributed by atoms with Gasteiger partial charge in [0, 0.05) is 6.20 Å². The van der Waals surface area contributed by atoms with Crippen LogP contribution in [0.1, 0.15) is 0 Å². The molecular weight excluding hydrogens is 80.0 g/mol. The number of nitrogens with two attached hydrogens (primary N) is 1. The molecular formula is C3H8N2O. The van der Waals surface area contributed by atoms with Gasteiger partial charge >= 0.3 is 0 Å². The summed E-state index contributed by atoms with van der Waals surface area (Å²) in [6.45, 7) is 3.31. The Morgan fingerprint density at radius 2 is 2.50 bits per heavy atom. The molecule has 3 heteroatoms. The van der Waals surface area contributed by atoms with Crippen LogP contribution in [0.25, 0.3) is 0 Å². The SMILES string of the molecule is C=CN(N)OC. The van der Waals surface area contributed by atoms with E-state index in [2.05, 4.69) is 11.4 Å². The molecule has 0 bridgehead atoms. The van der Waals surface area contributed by atoms with Crippen LogP contribution >= 0.6 is 0 Å². The first kappa shape index (κ1) is 5.46. The summed E-state index contributed by atoms with van der Waals surface area (Å²) in [6.07, 6.45) is 1.36. The third-order valence-electron chi connectivity index (χ3n) is 0.391. The van der Waals surface area contributed by atoms with Gasteiger partial charge in [-0.2, -0.15) is 5.17 Å². The van der Waals surface area contributed by atoms with Gasteiger partial charge in [0.05, 0.1) is 7.11 Å². The van der Waals surface area contributed by atoms with Gasteiger partial charge in [-0.1, -0.05) is 6.58 Å². The predicted octanol–water partition coefficient (Wildman–Crippen LogP) is -0.133. The fourth-order valence-electron chi connectivity index (χ4n) is 0.0745. The lowest BCUT2D eigenvalue weighted by Gasteiger charge is -2.05. The third kappa shape index (κ3) is 1.75. The summed E-state index contributed by atoms with van der Waals surface area (Å²) in [5.41, 5.74) is 0. The summed E-state index contributed by atoms with van der Waals surface area (Å²) in [5.74, 6) is 4.97. The van der Waals surface area contributed by atoms with Crippen LogP contribution < -0.4 is 5.84 Å². The van der Waals surface area contributed by atoms with E-state index in [1.807, 2.05) is 0 Å². The molecule has 3 nitrogen and oxygen atoms in total. The van der Waals surface area contributed by atoms with Crippen molar-refractivity contribution in [3.05, 3.63) is 12.8 Å². The smallest absolute Gasteiger partial charge is 0.0656 e. The molecule has 0 atom stereocenters. The highest BCUT2D eigenvalue weighted by molar-refractivity contribution is 4.53. The molecule has 36 valence electrons. The topological polar surface area (TPSA) is 38.5 Å². The van der Waals surface area contributed by atoms with Gasteiger partial charge in [-0.05, 0) is 0 Å². The summed E-state index contributed by atoms with van der Waals surface area (Å²) in [7, 11) is 1.46. The molecule has 0 unspecified atom stereocenters. The minimum Gasteiger partial charge on any atom is -0.262 e. The zero-order chi connectivity index (χ0) is 4.99. The van der Waals surface area contributed by atoms with E-state index in [9.17, 15) is 0 Å². The molecule has 0 aromatic rings. The fraction of sp³-hybridized carbons (Fsp3) is 0.333. The molecule has 0 saturated carbocycles. The lowest BCUT2D eigenvalue weighted by atomic mass is 11.1. The maximum Gasteiger partial charge on any atom is 0.0656 e. The number of nitrogens with zero attached hydrogens (tertiary/aromatic N) is 1. The summed E-state index contributed by atoms with van der Waals surface area (Å²) in [4.78, 5) is 4.39. The molecule has 0 aliphatic rings. The van der Waals surface area contributed by atoms with Crippen LogP contribution in [-0.2, 0) is 4.84 Å². The van der Waals surface area contributed by atoms with Gasteiger partial charge in [-0.3, -0.25) is 4.84 Å². The number of rotatable bonds is 2. The first-order chi connectivity index (χ1) is 2.81. The van der Waals surface area contributed by atoms with Gasteiger partial charge in [0.2, 0.25) is 0 Å². The van der Waals surface area contributed by atoms with Crippen molar-refractivity contribution in [3.63, 3.8) is 0 Å². The van der Waals surface area contributed by atoms with Crippen molar-refractivity contribution in [1.82, 2.24) is 5.17 Å². The maximum atomic E-state index is 4.97. The lowest BCUT2D eigenvalue weighted by Crippen LogP contribution is -2.22. The molecule has 0 fully saturated rings. The summed E-state index contributed by atoms with van der Waals surface area (Å²) in [5, 5.41) is 1.01. The zero-order valence-electron chi connectivity index (χ0n) is 3.72. The summed E-state index contributed by atoms with van der Waals surface area (Å²) in [6, 6.07) is 0. The number of hydrogen-bond acceptors (Lipinski definition) is 3. The van der Waals surface area contributed by atoms with E-state index in [0.29, 0.717) is 0 Å². The molecule has 0 saturated heterocycles. The summed E-state index contributed by atoms with van der Waals surface area (Å²) >= 11 is 0. The highest BCUT2D eigenvalue weighted by Crippen LogP contribution is 1.69. The van der Waals surface area contributed by atoms with Crippen LogP contribution in [0.15, 0.2) is 12.8 Å². The average Bonchev–Trinajstić information content (AvgIpc) is 1.65. The van der Waals surface area contributed by atoms with E-state index in [0.717, 1.165) is 5.17 Å². The minimum atomic E-state index is 1.01. The fourth-order valence-corrected chi connectivity index (χ4v) is 0.0745. The maximum absolute atomic E-state index is 4.97. The summed E-state index contributed by atoms with van der Waals surface area (Å²) < 4.78 is 0. The monoisotopic (exact) mass is 88.1 g/mol. The van der Waals surface area contributed by atoms with Crippen molar-refractivity contribution in [3.8, 4) is 0 Å². The second kappa shape index (κ2) is 2.68. The first-order valence-corrected chi connectivity index (χ1v) is 1.52. The Hall–Kier alpha value is -0.540. The molecule has 0 aromatic heterocycles. The van der Waals surface area contributed by atoms with Gasteiger partial charge in [0.1, 0.15) is 0 Å². The Morgan fingerprint density at radius 1 is 2.00 bits per heavy atom. The Morgan fingerprint density at radius 3 is 2.50 bits per heavy atom. The van der Waals surface area contributed by atoms with E-state index in [1.54, 1.807) is 0 Å². The van der Waals surface area contributed by atoms with Crippen molar-refractivity contribution >= 4 is 0 Å². The second-order valence-corrected chi connectivity index (χ2v) is 0.725. The van der Waals surface area contributed by atoms with E-state index in [-0.39, 0.29) is 0 Å². The van der Waals surface area contributed by atoms with E-state index < -0.39 is 0 Å². The van der Waals surface area contributed by atoms with Crippen LogP contribution in [0.2, 0.25) is 0 Å². The zero-order valence-corrected chi connectivity index (χ0v) is 3.72. The molecule has 0 heterocycles. The van der Waals surface area contributed by atoms with Crippen LogP contribution in [-0.4, -0.2) is 12.3 Å². The van der Waals surface area contributed by atoms with Crippen molar-refractivity contribution in [2.24, 2.45) is 5.84 Å². The first-order valence-electron chi connectivity index (χ1n) is 1.52. The number of hydrogen-bond donors (Lipinski definition) is 1. The van der Waals surface area contributed by atoms with Crippen molar-refractivity contribution < 1.29 is 4.84 Å². The Kier molecular flexibility index (Phi) is 2.44.